The van der Waals surface area contributed by atoms with Gasteiger partial charge in [0.1, 0.15) is 0 Å². The fraction of sp³-hybridized carbons (Fsp3) is 0.250. The van der Waals surface area contributed by atoms with Crippen molar-refractivity contribution in [1.82, 2.24) is 10.5 Å². The van der Waals surface area contributed by atoms with Crippen LogP contribution < -0.4 is 10.2 Å². The van der Waals surface area contributed by atoms with E-state index in [4.69, 9.17) is 21.2 Å². The van der Waals surface area contributed by atoms with Crippen LogP contribution in [0.2, 0.25) is 5.02 Å². The highest BCUT2D eigenvalue weighted by molar-refractivity contribution is 6.36. The second kappa shape index (κ2) is 5.31. The zero-order chi connectivity index (χ0) is 12.3. The fourth-order valence-electron chi connectivity index (χ4n) is 1.59. The first-order chi connectivity index (χ1) is 8.26. The molecule has 0 aliphatic carbocycles. The van der Waals surface area contributed by atoms with E-state index >= 15 is 0 Å². The van der Waals surface area contributed by atoms with Gasteiger partial charge in [0.2, 0.25) is 5.88 Å². The molecule has 2 aromatic rings. The molecule has 0 aliphatic rings. The first kappa shape index (κ1) is 12.1. The summed E-state index contributed by atoms with van der Waals surface area (Å²) in [7, 11) is 3.16. The van der Waals surface area contributed by atoms with Crippen molar-refractivity contribution in [2.75, 3.05) is 14.2 Å². The zero-order valence-electron chi connectivity index (χ0n) is 9.66. The molecule has 0 unspecified atom stereocenters. The minimum Gasteiger partial charge on any atom is -0.481 e. The van der Waals surface area contributed by atoms with Crippen molar-refractivity contribution >= 4 is 22.5 Å². The third kappa shape index (κ3) is 2.49. The zero-order valence-corrected chi connectivity index (χ0v) is 10.4. The van der Waals surface area contributed by atoms with Crippen LogP contribution in [0.1, 0.15) is 5.56 Å². The monoisotopic (exact) mass is 252 g/mol. The number of ether oxygens (including phenoxy) is 1. The van der Waals surface area contributed by atoms with Crippen molar-refractivity contribution in [2.24, 2.45) is 0 Å². The van der Waals surface area contributed by atoms with E-state index in [1.807, 2.05) is 18.2 Å². The predicted molar refractivity (Wildman–Crippen MR) is 67.2 cm³/mol. The maximum absolute atomic E-state index is 6.30. The van der Waals surface area contributed by atoms with Crippen LogP contribution in [0.4, 0.5) is 0 Å². The average molecular weight is 253 g/mol. The van der Waals surface area contributed by atoms with Gasteiger partial charge in [0.15, 0.2) is 0 Å². The van der Waals surface area contributed by atoms with Gasteiger partial charge in [-0.3, -0.25) is 0 Å². The van der Waals surface area contributed by atoms with Gasteiger partial charge in [-0.15, -0.1) is 0 Å². The molecule has 0 bridgehead atoms. The van der Waals surface area contributed by atoms with E-state index in [-0.39, 0.29) is 0 Å². The van der Waals surface area contributed by atoms with Crippen molar-refractivity contribution < 1.29 is 9.57 Å². The van der Waals surface area contributed by atoms with Crippen LogP contribution in [0.5, 0.6) is 5.88 Å². The second-order valence-corrected chi connectivity index (χ2v) is 3.86. The highest BCUT2D eigenvalue weighted by Crippen LogP contribution is 2.27. The normalized spacial score (nSPS) is 10.8. The van der Waals surface area contributed by atoms with Crippen molar-refractivity contribution in [3.05, 3.63) is 34.9 Å². The van der Waals surface area contributed by atoms with E-state index < -0.39 is 0 Å². The lowest BCUT2D eigenvalue weighted by Gasteiger charge is -2.08. The van der Waals surface area contributed by atoms with Gasteiger partial charge in [-0.25, -0.2) is 4.98 Å². The van der Waals surface area contributed by atoms with Gasteiger partial charge in [-0.1, -0.05) is 17.7 Å². The molecule has 90 valence electrons. The minimum atomic E-state index is 0.553. The van der Waals surface area contributed by atoms with Crippen molar-refractivity contribution in [1.29, 1.82) is 0 Å². The second-order valence-electron chi connectivity index (χ2n) is 3.48. The van der Waals surface area contributed by atoms with E-state index in [2.05, 4.69) is 10.5 Å². The molecule has 0 atom stereocenters. The number of hydroxylamine groups is 1. The number of hydrogen-bond acceptors (Lipinski definition) is 4. The van der Waals surface area contributed by atoms with Gasteiger partial charge < -0.3 is 9.57 Å². The van der Waals surface area contributed by atoms with Crippen LogP contribution in [0, 0.1) is 0 Å². The molecule has 0 fully saturated rings. The van der Waals surface area contributed by atoms with Crippen molar-refractivity contribution in [3.63, 3.8) is 0 Å². The molecule has 1 aromatic carbocycles. The number of nitrogens with one attached hydrogen (secondary N) is 1. The topological polar surface area (TPSA) is 43.4 Å². The Bertz CT molecular complexity index is 531. The number of benzene rings is 1. The molecule has 1 heterocycles. The van der Waals surface area contributed by atoms with Gasteiger partial charge in [0.25, 0.3) is 0 Å². The molecule has 0 aliphatic heterocycles. The third-order valence-corrected chi connectivity index (χ3v) is 2.92. The number of methoxy groups -OCH3 is 1. The lowest BCUT2D eigenvalue weighted by atomic mass is 10.1. The Labute approximate surface area is 104 Å². The minimum absolute atomic E-state index is 0.553. The van der Waals surface area contributed by atoms with Crippen LogP contribution in [0.25, 0.3) is 10.9 Å². The quantitative estimate of drug-likeness (QED) is 0.850. The predicted octanol–water partition coefficient (Wildman–Crippen LogP) is 2.55. The summed E-state index contributed by atoms with van der Waals surface area (Å²) in [6.45, 7) is 0.553. The summed E-state index contributed by atoms with van der Waals surface area (Å²) in [6, 6.07) is 7.53. The Balaban J connectivity index is 2.45. The van der Waals surface area contributed by atoms with Crippen molar-refractivity contribution in [2.45, 2.75) is 6.54 Å². The fourth-order valence-corrected chi connectivity index (χ4v) is 1.88. The molecule has 2 rings (SSSR count). The Morgan fingerprint density at radius 2 is 2.06 bits per heavy atom. The first-order valence-electron chi connectivity index (χ1n) is 5.14. The molecule has 1 aromatic heterocycles. The lowest BCUT2D eigenvalue weighted by Crippen LogP contribution is -2.11. The number of pyridine rings is 1. The number of halogens is 1. The van der Waals surface area contributed by atoms with E-state index in [0.29, 0.717) is 17.4 Å². The Kier molecular flexibility index (Phi) is 3.78. The molecule has 0 radical (unpaired) electrons. The Morgan fingerprint density at radius 3 is 2.76 bits per heavy atom. The number of rotatable bonds is 4. The van der Waals surface area contributed by atoms with Crippen LogP contribution >= 0.6 is 11.6 Å². The van der Waals surface area contributed by atoms with E-state index in [9.17, 15) is 0 Å². The van der Waals surface area contributed by atoms with Gasteiger partial charge in [0.05, 0.1) is 24.8 Å². The number of hydrogen-bond donors (Lipinski definition) is 1. The molecule has 0 saturated carbocycles. The molecule has 17 heavy (non-hydrogen) atoms. The van der Waals surface area contributed by atoms with Gasteiger partial charge in [-0.2, -0.15) is 5.48 Å². The van der Waals surface area contributed by atoms with Gasteiger partial charge in [0, 0.05) is 18.0 Å². The highest BCUT2D eigenvalue weighted by atomic mass is 35.5. The first-order valence-corrected chi connectivity index (χ1v) is 5.52. The van der Waals surface area contributed by atoms with Crippen LogP contribution in [0.3, 0.4) is 0 Å². The lowest BCUT2D eigenvalue weighted by molar-refractivity contribution is 0.0867. The Hall–Kier alpha value is -1.36. The van der Waals surface area contributed by atoms with Crippen molar-refractivity contribution in [3.8, 4) is 5.88 Å². The Morgan fingerprint density at radius 1 is 1.24 bits per heavy atom. The van der Waals surface area contributed by atoms with Crippen LogP contribution in [-0.2, 0) is 11.4 Å². The van der Waals surface area contributed by atoms with Gasteiger partial charge in [-0.05, 0) is 17.7 Å². The largest absolute Gasteiger partial charge is 0.481 e. The van der Waals surface area contributed by atoms with E-state index in [1.54, 1.807) is 20.3 Å². The summed E-state index contributed by atoms with van der Waals surface area (Å²) in [6.07, 6.45) is 0. The molecule has 0 saturated heterocycles. The summed E-state index contributed by atoms with van der Waals surface area (Å²) in [5.41, 5.74) is 4.54. The molecule has 1 N–H and O–H groups in total. The maximum atomic E-state index is 6.30. The van der Waals surface area contributed by atoms with Crippen LogP contribution in [-0.4, -0.2) is 19.2 Å². The maximum Gasteiger partial charge on any atom is 0.213 e. The van der Waals surface area contributed by atoms with Crippen LogP contribution in [0.15, 0.2) is 24.3 Å². The average Bonchev–Trinajstić information content (AvgIpc) is 2.37. The SMILES string of the molecule is CONCc1ccc2nc(OC)ccc2c1Cl. The molecular formula is C12H13ClN2O2. The standard InChI is InChI=1S/C12H13ClN2O2/c1-16-11-6-4-9-10(15-11)5-3-8(12(9)13)7-14-17-2/h3-6,14H,7H2,1-2H3. The van der Waals surface area contributed by atoms with E-state index in [0.717, 1.165) is 16.5 Å². The molecule has 0 amide bonds. The summed E-state index contributed by atoms with van der Waals surface area (Å²) in [5.74, 6) is 0.580. The molecular weight excluding hydrogens is 240 g/mol. The summed E-state index contributed by atoms with van der Waals surface area (Å²) >= 11 is 6.30. The third-order valence-electron chi connectivity index (χ3n) is 2.48. The highest BCUT2D eigenvalue weighted by Gasteiger charge is 2.07. The number of fused-ring (bicyclic) bond motifs is 1. The number of aromatic nitrogens is 1. The molecule has 4 nitrogen and oxygen atoms in total. The molecule has 5 heteroatoms. The summed E-state index contributed by atoms with van der Waals surface area (Å²) in [4.78, 5) is 9.12. The van der Waals surface area contributed by atoms with E-state index in [1.165, 1.54) is 0 Å². The number of nitrogens with zero attached hydrogens (tertiary/aromatic N) is 1. The smallest absolute Gasteiger partial charge is 0.213 e. The summed E-state index contributed by atoms with van der Waals surface area (Å²) < 4.78 is 5.07. The molecule has 0 spiro atoms. The summed E-state index contributed by atoms with van der Waals surface area (Å²) in [5, 5.41) is 1.59. The van der Waals surface area contributed by atoms with Gasteiger partial charge >= 0.3 is 0 Å².